The van der Waals surface area contributed by atoms with Gasteiger partial charge in [-0.3, -0.25) is 9.59 Å². The fourth-order valence-corrected chi connectivity index (χ4v) is 5.65. The van der Waals surface area contributed by atoms with Crippen LogP contribution < -0.4 is 9.47 Å². The van der Waals surface area contributed by atoms with Crippen LogP contribution in [0.3, 0.4) is 0 Å². The smallest absolute Gasteiger partial charge is 0.326 e. The number of ether oxygens (including phenoxy) is 2. The summed E-state index contributed by atoms with van der Waals surface area (Å²) in [6.07, 6.45) is 2.83. The molecule has 2 aliphatic rings. The van der Waals surface area contributed by atoms with Gasteiger partial charge in [-0.25, -0.2) is 0 Å². The van der Waals surface area contributed by atoms with E-state index in [1.807, 2.05) is 72.8 Å². The zero-order valence-corrected chi connectivity index (χ0v) is 18.4. The molecule has 1 aliphatic heterocycles. The summed E-state index contributed by atoms with van der Waals surface area (Å²) in [4.78, 5) is 26.9. The van der Waals surface area contributed by atoms with Gasteiger partial charge in [0.1, 0.15) is 11.5 Å². The lowest BCUT2D eigenvalue weighted by Gasteiger charge is -2.23. The van der Waals surface area contributed by atoms with E-state index in [0.717, 1.165) is 51.9 Å². The van der Waals surface area contributed by atoms with E-state index in [2.05, 4.69) is 6.92 Å². The first kappa shape index (κ1) is 20.0. The minimum Gasteiger partial charge on any atom is -0.425 e. The van der Waals surface area contributed by atoms with E-state index in [-0.39, 0.29) is 11.8 Å². The Morgan fingerprint density at radius 2 is 1.18 bits per heavy atom. The molecule has 1 aliphatic carbocycles. The average Bonchev–Trinajstić information content (AvgIpc) is 3.25. The van der Waals surface area contributed by atoms with Crippen LogP contribution in [0.4, 0.5) is 0 Å². The standard InChI is InChI=1S/C29H24O4/c1-17-7-6-12-20(17)27-28(30)32-23-15-13-18-8-2-4-10-21(18)25(23)26-22-11-5-3-9-19(22)14-16-24(26)33-29(27)31/h2-5,8-11,13-17,20,27H,6-7,12H2,1H3. The highest BCUT2D eigenvalue weighted by Crippen LogP contribution is 2.47. The second-order valence-corrected chi connectivity index (χ2v) is 9.21. The van der Waals surface area contributed by atoms with Crippen molar-refractivity contribution in [2.24, 2.45) is 17.8 Å². The van der Waals surface area contributed by atoms with Crippen LogP contribution in [0.5, 0.6) is 11.5 Å². The monoisotopic (exact) mass is 436 g/mol. The summed E-state index contributed by atoms with van der Waals surface area (Å²) in [5, 5.41) is 3.95. The van der Waals surface area contributed by atoms with Crippen LogP contribution in [0, 0.1) is 17.8 Å². The lowest BCUT2D eigenvalue weighted by atomic mass is 9.84. The normalized spacial score (nSPS) is 21.0. The Morgan fingerprint density at radius 3 is 1.67 bits per heavy atom. The van der Waals surface area contributed by atoms with Gasteiger partial charge in [-0.05, 0) is 51.9 Å². The number of fused-ring (bicyclic) bond motifs is 7. The Bertz CT molecular complexity index is 1320. The number of benzene rings is 4. The number of carbonyl (C=O) groups excluding carboxylic acids is 2. The molecule has 2 atom stereocenters. The SMILES string of the molecule is CC1CCCC1C1C(=O)Oc2ccc3ccccc3c2-c2c(ccc3ccccc23)OC1=O. The van der Waals surface area contributed by atoms with Gasteiger partial charge in [0.25, 0.3) is 0 Å². The molecule has 0 radical (unpaired) electrons. The van der Waals surface area contributed by atoms with Gasteiger partial charge in [-0.1, -0.05) is 80.4 Å². The van der Waals surface area contributed by atoms with Crippen molar-refractivity contribution in [1.82, 2.24) is 0 Å². The zero-order chi connectivity index (χ0) is 22.5. The van der Waals surface area contributed by atoms with Crippen molar-refractivity contribution < 1.29 is 19.1 Å². The molecule has 1 saturated carbocycles. The predicted molar refractivity (Wildman–Crippen MR) is 128 cm³/mol. The van der Waals surface area contributed by atoms with Gasteiger partial charge in [0.05, 0.1) is 0 Å². The highest BCUT2D eigenvalue weighted by atomic mass is 16.6. The molecular formula is C29H24O4. The van der Waals surface area contributed by atoms with Crippen molar-refractivity contribution in [3.05, 3.63) is 72.8 Å². The van der Waals surface area contributed by atoms with Gasteiger partial charge in [0.2, 0.25) is 0 Å². The summed E-state index contributed by atoms with van der Waals surface area (Å²) in [5.74, 6) is -0.853. The molecule has 0 aromatic heterocycles. The van der Waals surface area contributed by atoms with E-state index in [9.17, 15) is 9.59 Å². The Morgan fingerprint density at radius 1 is 0.667 bits per heavy atom. The van der Waals surface area contributed by atoms with Gasteiger partial charge < -0.3 is 9.47 Å². The zero-order valence-electron chi connectivity index (χ0n) is 18.4. The molecule has 0 N–H and O–H groups in total. The van der Waals surface area contributed by atoms with Gasteiger partial charge >= 0.3 is 11.9 Å². The molecule has 4 aromatic rings. The summed E-state index contributed by atoms with van der Waals surface area (Å²) in [6.45, 7) is 2.10. The third-order valence-electron chi connectivity index (χ3n) is 7.32. The number of rotatable bonds is 1. The lowest BCUT2D eigenvalue weighted by molar-refractivity contribution is -0.154. The molecule has 33 heavy (non-hydrogen) atoms. The molecule has 1 heterocycles. The average molecular weight is 437 g/mol. The first-order valence-electron chi connectivity index (χ1n) is 11.6. The summed E-state index contributed by atoms with van der Waals surface area (Å²) in [6, 6.07) is 23.6. The van der Waals surface area contributed by atoms with Crippen molar-refractivity contribution in [3.8, 4) is 22.6 Å². The lowest BCUT2D eigenvalue weighted by Crippen LogP contribution is -2.38. The summed E-state index contributed by atoms with van der Waals surface area (Å²) in [5.41, 5.74) is 1.56. The van der Waals surface area contributed by atoms with E-state index in [0.29, 0.717) is 11.5 Å². The second kappa shape index (κ2) is 7.73. The maximum Gasteiger partial charge on any atom is 0.326 e. The first-order chi connectivity index (χ1) is 16.1. The van der Waals surface area contributed by atoms with E-state index in [1.165, 1.54) is 0 Å². The van der Waals surface area contributed by atoms with E-state index >= 15 is 0 Å². The molecule has 4 aromatic carbocycles. The fraction of sp³-hybridized carbons (Fsp3) is 0.241. The van der Waals surface area contributed by atoms with E-state index in [1.54, 1.807) is 0 Å². The molecule has 164 valence electrons. The van der Waals surface area contributed by atoms with Crippen LogP contribution in [0.15, 0.2) is 72.8 Å². The topological polar surface area (TPSA) is 52.6 Å². The maximum absolute atomic E-state index is 13.5. The number of hydrogen-bond acceptors (Lipinski definition) is 4. The highest BCUT2D eigenvalue weighted by Gasteiger charge is 2.44. The largest absolute Gasteiger partial charge is 0.425 e. The van der Waals surface area contributed by atoms with Crippen molar-refractivity contribution >= 4 is 33.5 Å². The molecule has 4 nitrogen and oxygen atoms in total. The van der Waals surface area contributed by atoms with Crippen molar-refractivity contribution in [2.75, 3.05) is 0 Å². The van der Waals surface area contributed by atoms with Gasteiger partial charge in [0, 0.05) is 11.1 Å². The van der Waals surface area contributed by atoms with Crippen LogP contribution in [-0.2, 0) is 9.59 Å². The van der Waals surface area contributed by atoms with Gasteiger partial charge in [0.15, 0.2) is 5.92 Å². The fourth-order valence-electron chi connectivity index (χ4n) is 5.65. The molecule has 0 spiro atoms. The molecule has 4 heteroatoms. The van der Waals surface area contributed by atoms with Crippen LogP contribution in [0.2, 0.25) is 0 Å². The summed E-state index contributed by atoms with van der Waals surface area (Å²) in [7, 11) is 0. The van der Waals surface area contributed by atoms with Crippen LogP contribution in [-0.4, -0.2) is 11.9 Å². The van der Waals surface area contributed by atoms with Crippen LogP contribution >= 0.6 is 0 Å². The summed E-state index contributed by atoms with van der Waals surface area (Å²) >= 11 is 0. The van der Waals surface area contributed by atoms with Crippen molar-refractivity contribution in [1.29, 1.82) is 0 Å². The molecule has 1 fully saturated rings. The quantitative estimate of drug-likeness (QED) is 0.193. The Hall–Kier alpha value is -3.66. The highest BCUT2D eigenvalue weighted by molar-refractivity contribution is 6.11. The number of esters is 2. The van der Waals surface area contributed by atoms with Gasteiger partial charge in [-0.15, -0.1) is 0 Å². The second-order valence-electron chi connectivity index (χ2n) is 9.21. The van der Waals surface area contributed by atoms with Crippen molar-refractivity contribution in [3.63, 3.8) is 0 Å². The predicted octanol–water partition coefficient (Wildman–Crippen LogP) is 6.54. The third kappa shape index (κ3) is 3.20. The Labute approximate surface area is 192 Å². The molecule has 0 bridgehead atoms. The Balaban J connectivity index is 1.66. The Kier molecular flexibility index (Phi) is 4.68. The summed E-state index contributed by atoms with van der Waals surface area (Å²) < 4.78 is 12.1. The van der Waals surface area contributed by atoms with Crippen LogP contribution in [0.1, 0.15) is 26.2 Å². The minimum atomic E-state index is -0.931. The molecule has 0 saturated heterocycles. The van der Waals surface area contributed by atoms with Crippen molar-refractivity contribution in [2.45, 2.75) is 26.2 Å². The molecule has 0 amide bonds. The van der Waals surface area contributed by atoms with Gasteiger partial charge in [-0.2, -0.15) is 0 Å². The maximum atomic E-state index is 13.5. The molecule has 2 unspecified atom stereocenters. The van der Waals surface area contributed by atoms with Crippen LogP contribution in [0.25, 0.3) is 32.7 Å². The molecule has 6 rings (SSSR count). The minimum absolute atomic E-state index is 0.0732. The van der Waals surface area contributed by atoms with E-state index < -0.39 is 17.9 Å². The molecular weight excluding hydrogens is 412 g/mol. The number of carbonyl (C=O) groups is 2. The van der Waals surface area contributed by atoms with E-state index in [4.69, 9.17) is 9.47 Å². The number of hydrogen-bond donors (Lipinski definition) is 0. The first-order valence-corrected chi connectivity index (χ1v) is 11.6. The third-order valence-corrected chi connectivity index (χ3v) is 7.32.